The van der Waals surface area contributed by atoms with Crippen LogP contribution in [0.2, 0.25) is 5.02 Å². The summed E-state index contributed by atoms with van der Waals surface area (Å²) in [6.07, 6.45) is 3.49. The second kappa shape index (κ2) is 12.0. The maximum absolute atomic E-state index is 16.7. The third-order valence-electron chi connectivity index (χ3n) is 9.85. The van der Waals surface area contributed by atoms with Crippen LogP contribution < -0.4 is 9.64 Å². The van der Waals surface area contributed by atoms with Crippen molar-refractivity contribution >= 4 is 45.0 Å². The van der Waals surface area contributed by atoms with Crippen LogP contribution in [0.5, 0.6) is 6.01 Å². The first-order chi connectivity index (χ1) is 22.2. The first-order valence-electron chi connectivity index (χ1n) is 15.6. The predicted octanol–water partition coefficient (Wildman–Crippen LogP) is 5.18. The molecule has 0 unspecified atom stereocenters. The third kappa shape index (κ3) is 5.24. The van der Waals surface area contributed by atoms with E-state index in [1.54, 1.807) is 29.0 Å². The molecule has 12 heteroatoms. The SMILES string of the molecule is C=CC(=O)N1CC[C@H](O)[C@@H](N(C)c2nc(OC[C@@]34CCCN3C[C@H](F)C4)nc3c(F)c(-c4cccc5cccc(Cl)c45)ncc23)C1. The number of carbonyl (C=O) groups is 1. The summed E-state index contributed by atoms with van der Waals surface area (Å²) in [6, 6.07) is 10.3. The van der Waals surface area contributed by atoms with Gasteiger partial charge in [0.1, 0.15) is 29.8 Å². The van der Waals surface area contributed by atoms with Crippen LogP contribution in [0.4, 0.5) is 14.6 Å². The van der Waals surface area contributed by atoms with E-state index >= 15 is 4.39 Å². The number of halogens is 3. The summed E-state index contributed by atoms with van der Waals surface area (Å²) in [6.45, 7) is 5.52. The number of aliphatic hydroxyl groups excluding tert-OH is 1. The number of aliphatic hydroxyl groups is 1. The largest absolute Gasteiger partial charge is 0.461 e. The van der Waals surface area contributed by atoms with E-state index in [0.29, 0.717) is 53.1 Å². The molecule has 4 aromatic rings. The van der Waals surface area contributed by atoms with E-state index in [2.05, 4.69) is 21.4 Å². The average Bonchev–Trinajstić information content (AvgIpc) is 3.59. The molecule has 0 radical (unpaired) electrons. The van der Waals surface area contributed by atoms with E-state index in [1.807, 2.05) is 24.3 Å². The first-order valence-corrected chi connectivity index (χ1v) is 15.9. The number of likely N-dealkylation sites (N-methyl/N-ethyl adjacent to an activating group) is 1. The Morgan fingerprint density at radius 1 is 1.24 bits per heavy atom. The lowest BCUT2D eigenvalue weighted by Gasteiger charge is -2.41. The van der Waals surface area contributed by atoms with Gasteiger partial charge in [0.25, 0.3) is 0 Å². The van der Waals surface area contributed by atoms with Crippen molar-refractivity contribution in [3.63, 3.8) is 0 Å². The summed E-state index contributed by atoms with van der Waals surface area (Å²) in [5.41, 5.74) is 0.110. The summed E-state index contributed by atoms with van der Waals surface area (Å²) < 4.78 is 37.4. The molecule has 0 aliphatic carbocycles. The number of hydrogen-bond donors (Lipinski definition) is 1. The van der Waals surface area contributed by atoms with Crippen LogP contribution in [0.25, 0.3) is 32.9 Å². The van der Waals surface area contributed by atoms with Gasteiger partial charge in [0.15, 0.2) is 5.82 Å². The van der Waals surface area contributed by atoms with Crippen LogP contribution in [0.15, 0.2) is 55.3 Å². The van der Waals surface area contributed by atoms with Crippen LogP contribution in [-0.4, -0.2) is 99.5 Å². The Morgan fingerprint density at radius 3 is 2.85 bits per heavy atom. The third-order valence-corrected chi connectivity index (χ3v) is 10.2. The van der Waals surface area contributed by atoms with E-state index in [1.165, 1.54) is 12.3 Å². The van der Waals surface area contributed by atoms with E-state index in [4.69, 9.17) is 21.3 Å². The smallest absolute Gasteiger partial charge is 0.319 e. The minimum absolute atomic E-state index is 0.0132. The van der Waals surface area contributed by atoms with Gasteiger partial charge in [-0.15, -0.1) is 0 Å². The van der Waals surface area contributed by atoms with Gasteiger partial charge in [0.2, 0.25) is 5.91 Å². The number of aromatic nitrogens is 3. The molecule has 9 nitrogen and oxygen atoms in total. The number of benzene rings is 2. The summed E-state index contributed by atoms with van der Waals surface area (Å²) >= 11 is 6.59. The van der Waals surface area contributed by atoms with Crippen molar-refractivity contribution < 1.29 is 23.4 Å². The molecule has 1 amide bonds. The van der Waals surface area contributed by atoms with E-state index < -0.39 is 29.7 Å². The molecule has 2 aromatic carbocycles. The van der Waals surface area contributed by atoms with E-state index in [9.17, 15) is 14.3 Å². The summed E-state index contributed by atoms with van der Waals surface area (Å²) in [5, 5.41) is 13.3. The molecule has 4 atom stereocenters. The second-order valence-electron chi connectivity index (χ2n) is 12.5. The van der Waals surface area contributed by atoms with Crippen molar-refractivity contribution in [2.24, 2.45) is 0 Å². The Morgan fingerprint density at radius 2 is 2.04 bits per heavy atom. The average molecular weight is 649 g/mol. The summed E-state index contributed by atoms with van der Waals surface area (Å²) in [4.78, 5) is 31.8. The lowest BCUT2D eigenvalue weighted by molar-refractivity contribution is -0.128. The Bertz CT molecular complexity index is 1840. The molecule has 0 saturated carbocycles. The fourth-order valence-corrected chi connectivity index (χ4v) is 7.75. The lowest BCUT2D eigenvalue weighted by atomic mass is 9.95. The zero-order chi connectivity index (χ0) is 32.2. The number of alkyl halides is 1. The standard InChI is InChI=1S/C34H35ClF2N6O3/c1-3-27(45)42-14-11-26(44)25(18-42)41(2)32-23-16-38-30(22-9-4-7-20-8-5-10-24(35)28(20)22)29(37)31(23)39-33(40-32)46-19-34-12-6-13-43(34)17-21(36)15-34/h3-5,7-10,16,21,25-26,44H,1,6,11-15,17-19H2,2H3/t21-,25+,26+,34+/m1/s1. The molecule has 3 aliphatic rings. The molecule has 46 heavy (non-hydrogen) atoms. The number of likely N-dealkylation sites (tertiary alicyclic amines) is 1. The number of piperidine rings is 1. The maximum atomic E-state index is 16.7. The van der Waals surface area contributed by atoms with Crippen molar-refractivity contribution in [1.82, 2.24) is 24.8 Å². The number of carbonyl (C=O) groups excluding carboxylic acids is 1. The van der Waals surface area contributed by atoms with Gasteiger partial charge in [-0.3, -0.25) is 14.7 Å². The Kier molecular flexibility index (Phi) is 8.02. The number of ether oxygens (including phenoxy) is 1. The van der Waals surface area contributed by atoms with Gasteiger partial charge in [-0.1, -0.05) is 48.5 Å². The zero-order valence-corrected chi connectivity index (χ0v) is 26.3. The topological polar surface area (TPSA) is 94.9 Å². The molecule has 0 spiro atoms. The van der Waals surface area contributed by atoms with E-state index in [0.717, 1.165) is 24.8 Å². The molecule has 3 aliphatic heterocycles. The van der Waals surface area contributed by atoms with Gasteiger partial charge >= 0.3 is 6.01 Å². The van der Waals surface area contributed by atoms with Gasteiger partial charge in [0, 0.05) is 55.3 Å². The monoisotopic (exact) mass is 648 g/mol. The fourth-order valence-electron chi connectivity index (χ4n) is 7.47. The van der Waals surface area contributed by atoms with Gasteiger partial charge in [0.05, 0.1) is 23.1 Å². The van der Waals surface area contributed by atoms with Crippen LogP contribution in [-0.2, 0) is 4.79 Å². The van der Waals surface area contributed by atoms with Gasteiger partial charge < -0.3 is 19.6 Å². The predicted molar refractivity (Wildman–Crippen MR) is 173 cm³/mol. The van der Waals surface area contributed by atoms with Crippen molar-refractivity contribution in [2.45, 2.75) is 49.5 Å². The van der Waals surface area contributed by atoms with Gasteiger partial charge in [-0.25, -0.2) is 8.78 Å². The molecule has 3 saturated heterocycles. The lowest BCUT2D eigenvalue weighted by Crippen LogP contribution is -2.55. The molecule has 2 aromatic heterocycles. The number of rotatable bonds is 7. The zero-order valence-electron chi connectivity index (χ0n) is 25.5. The highest BCUT2D eigenvalue weighted by molar-refractivity contribution is 6.36. The summed E-state index contributed by atoms with van der Waals surface area (Å²) in [5.74, 6) is -0.623. The number of hydrogen-bond acceptors (Lipinski definition) is 8. The van der Waals surface area contributed by atoms with Crippen molar-refractivity contribution in [1.29, 1.82) is 0 Å². The van der Waals surface area contributed by atoms with Crippen LogP contribution >= 0.6 is 11.6 Å². The van der Waals surface area contributed by atoms with E-state index in [-0.39, 0.29) is 36.3 Å². The molecule has 3 fully saturated rings. The Balaban J connectivity index is 1.34. The molecule has 5 heterocycles. The molecule has 0 bridgehead atoms. The Labute approximate surface area is 270 Å². The van der Waals surface area contributed by atoms with Crippen LogP contribution in [0.1, 0.15) is 25.7 Å². The van der Waals surface area contributed by atoms with Crippen molar-refractivity contribution in [3.8, 4) is 17.3 Å². The highest BCUT2D eigenvalue weighted by Gasteiger charge is 2.49. The summed E-state index contributed by atoms with van der Waals surface area (Å²) in [7, 11) is 1.74. The van der Waals surface area contributed by atoms with Crippen molar-refractivity contribution in [2.75, 3.05) is 44.7 Å². The quantitative estimate of drug-likeness (QED) is 0.274. The normalized spacial score (nSPS) is 24.8. The van der Waals surface area contributed by atoms with Crippen LogP contribution in [0.3, 0.4) is 0 Å². The number of amides is 1. The highest BCUT2D eigenvalue weighted by Crippen LogP contribution is 2.41. The first kappa shape index (κ1) is 30.7. The van der Waals surface area contributed by atoms with Crippen LogP contribution in [0, 0.1) is 5.82 Å². The highest BCUT2D eigenvalue weighted by atomic mass is 35.5. The second-order valence-corrected chi connectivity index (χ2v) is 13.0. The van der Waals surface area contributed by atoms with Crippen molar-refractivity contribution in [3.05, 3.63) is 66.1 Å². The minimum atomic E-state index is -0.935. The number of pyridine rings is 1. The fraction of sp³-hybridized carbons (Fsp3) is 0.412. The molecule has 240 valence electrons. The number of nitrogens with zero attached hydrogens (tertiary/aromatic N) is 6. The molecular weight excluding hydrogens is 614 g/mol. The van der Waals surface area contributed by atoms with Gasteiger partial charge in [-0.05, 0) is 43.3 Å². The number of anilines is 1. The molecule has 1 N–H and O–H groups in total. The molecular formula is C34H35ClF2N6O3. The minimum Gasteiger partial charge on any atom is -0.461 e. The number of fused-ring (bicyclic) bond motifs is 3. The van der Waals surface area contributed by atoms with Gasteiger partial charge in [-0.2, -0.15) is 9.97 Å². The Hall–Kier alpha value is -3.93. The maximum Gasteiger partial charge on any atom is 0.319 e. The molecule has 7 rings (SSSR count).